The fourth-order valence-corrected chi connectivity index (χ4v) is 2.19. The number of benzene rings is 2. The molecule has 122 valence electrons. The average Bonchev–Trinajstić information content (AvgIpc) is 2.84. The van der Waals surface area contributed by atoms with Crippen LogP contribution in [0, 0.1) is 0 Å². The Morgan fingerprint density at radius 3 is 2.04 bits per heavy atom. The Morgan fingerprint density at radius 1 is 0.958 bits per heavy atom. The van der Waals surface area contributed by atoms with E-state index in [1.54, 1.807) is 24.3 Å². The Hall–Kier alpha value is -3.03. The highest BCUT2D eigenvalue weighted by molar-refractivity contribution is 6.20. The quantitative estimate of drug-likeness (QED) is 0.621. The fraction of sp³-hybridized carbons (Fsp3) is 0.118. The SMILES string of the molecule is CC(=O)N(OCc1ccccc1)ON1C(=O)c2ccccc2C1=O. The van der Waals surface area contributed by atoms with E-state index in [0.29, 0.717) is 10.3 Å². The predicted octanol–water partition coefficient (Wildman–Crippen LogP) is 2.11. The van der Waals surface area contributed by atoms with Crippen LogP contribution in [0.1, 0.15) is 33.2 Å². The lowest BCUT2D eigenvalue weighted by molar-refractivity contribution is -0.403. The number of carbonyl (C=O) groups excluding carboxylic acids is 3. The molecule has 1 aliphatic rings. The molecule has 7 nitrogen and oxygen atoms in total. The second-order valence-corrected chi connectivity index (χ2v) is 5.07. The van der Waals surface area contributed by atoms with Crippen molar-refractivity contribution in [2.24, 2.45) is 0 Å². The van der Waals surface area contributed by atoms with Crippen molar-refractivity contribution < 1.29 is 24.2 Å². The molecule has 1 aliphatic heterocycles. The minimum absolute atomic E-state index is 0.0452. The molecule has 7 heteroatoms. The Labute approximate surface area is 137 Å². The number of fused-ring (bicyclic) bond motifs is 1. The van der Waals surface area contributed by atoms with Crippen LogP contribution in [-0.2, 0) is 21.2 Å². The lowest BCUT2D eigenvalue weighted by Crippen LogP contribution is -2.41. The zero-order valence-corrected chi connectivity index (χ0v) is 12.8. The maximum atomic E-state index is 12.2. The zero-order chi connectivity index (χ0) is 17.1. The van der Waals surface area contributed by atoms with E-state index in [1.165, 1.54) is 19.1 Å². The molecule has 3 amide bonds. The van der Waals surface area contributed by atoms with Crippen molar-refractivity contribution in [2.75, 3.05) is 0 Å². The summed E-state index contributed by atoms with van der Waals surface area (Å²) in [7, 11) is 0. The van der Waals surface area contributed by atoms with Gasteiger partial charge in [-0.3, -0.25) is 14.4 Å². The van der Waals surface area contributed by atoms with Crippen molar-refractivity contribution in [1.29, 1.82) is 0 Å². The van der Waals surface area contributed by atoms with E-state index in [9.17, 15) is 14.4 Å². The first kappa shape index (κ1) is 15.9. The minimum Gasteiger partial charge on any atom is -0.270 e. The summed E-state index contributed by atoms with van der Waals surface area (Å²) in [5.74, 6) is -1.90. The summed E-state index contributed by atoms with van der Waals surface area (Å²) in [5, 5.41) is 1.03. The Bertz CT molecular complexity index is 756. The molecule has 0 fully saturated rings. The van der Waals surface area contributed by atoms with Crippen LogP contribution < -0.4 is 0 Å². The number of nitrogens with zero attached hydrogens (tertiary/aromatic N) is 2. The van der Waals surface area contributed by atoms with Gasteiger partial charge in [-0.1, -0.05) is 47.7 Å². The Kier molecular flexibility index (Phi) is 4.37. The molecule has 0 aromatic heterocycles. The molecule has 0 N–H and O–H groups in total. The molecule has 0 bridgehead atoms. The maximum Gasteiger partial charge on any atom is 0.287 e. The first-order valence-corrected chi connectivity index (χ1v) is 7.21. The molecule has 0 unspecified atom stereocenters. The molecule has 24 heavy (non-hydrogen) atoms. The van der Waals surface area contributed by atoms with Crippen molar-refractivity contribution in [3.63, 3.8) is 0 Å². The second kappa shape index (κ2) is 6.61. The second-order valence-electron chi connectivity index (χ2n) is 5.07. The minimum atomic E-state index is -0.648. The van der Waals surface area contributed by atoms with Crippen LogP contribution in [0.2, 0.25) is 0 Å². The number of hydrogen-bond donors (Lipinski definition) is 0. The van der Waals surface area contributed by atoms with Gasteiger partial charge in [0.2, 0.25) is 0 Å². The lowest BCUT2D eigenvalue weighted by Gasteiger charge is -2.22. The van der Waals surface area contributed by atoms with Gasteiger partial charge in [0.15, 0.2) is 0 Å². The summed E-state index contributed by atoms with van der Waals surface area (Å²) in [6, 6.07) is 15.4. The van der Waals surface area contributed by atoms with E-state index in [-0.39, 0.29) is 17.7 Å². The van der Waals surface area contributed by atoms with Gasteiger partial charge in [0.05, 0.1) is 11.1 Å². The van der Waals surface area contributed by atoms with Gasteiger partial charge in [-0.05, 0) is 17.7 Å². The van der Waals surface area contributed by atoms with E-state index in [4.69, 9.17) is 9.78 Å². The number of hydroxylamine groups is 4. The van der Waals surface area contributed by atoms with Gasteiger partial charge >= 0.3 is 0 Å². The van der Waals surface area contributed by atoms with E-state index in [2.05, 4.69) is 0 Å². The average molecular weight is 326 g/mol. The molecule has 0 aliphatic carbocycles. The highest BCUT2D eigenvalue weighted by Gasteiger charge is 2.39. The van der Waals surface area contributed by atoms with Crippen LogP contribution in [-0.4, -0.2) is 28.0 Å². The van der Waals surface area contributed by atoms with Gasteiger partial charge in [-0.15, -0.1) is 10.0 Å². The van der Waals surface area contributed by atoms with E-state index in [0.717, 1.165) is 5.56 Å². The summed E-state index contributed by atoms with van der Waals surface area (Å²) in [6.45, 7) is 1.24. The monoisotopic (exact) mass is 326 g/mol. The number of hydrogen-bond acceptors (Lipinski definition) is 5. The number of carbonyl (C=O) groups is 3. The van der Waals surface area contributed by atoms with E-state index < -0.39 is 17.7 Å². The van der Waals surface area contributed by atoms with Crippen LogP contribution in [0.5, 0.6) is 0 Å². The molecule has 0 spiro atoms. The molecular weight excluding hydrogens is 312 g/mol. The highest BCUT2D eigenvalue weighted by atomic mass is 17.0. The Morgan fingerprint density at radius 2 is 1.50 bits per heavy atom. The van der Waals surface area contributed by atoms with Gasteiger partial charge in [-0.2, -0.15) is 0 Å². The molecule has 0 atom stereocenters. The van der Waals surface area contributed by atoms with Crippen molar-refractivity contribution in [3.8, 4) is 0 Å². The topological polar surface area (TPSA) is 76.2 Å². The van der Waals surface area contributed by atoms with Gasteiger partial charge in [-0.25, -0.2) is 4.84 Å². The molecule has 1 heterocycles. The van der Waals surface area contributed by atoms with E-state index >= 15 is 0 Å². The van der Waals surface area contributed by atoms with Gasteiger partial charge in [0.1, 0.15) is 6.61 Å². The summed E-state index contributed by atoms with van der Waals surface area (Å²) in [6.07, 6.45) is 0. The molecule has 0 radical (unpaired) electrons. The first-order valence-electron chi connectivity index (χ1n) is 7.21. The smallest absolute Gasteiger partial charge is 0.270 e. The van der Waals surface area contributed by atoms with Gasteiger partial charge in [0.25, 0.3) is 17.7 Å². The van der Waals surface area contributed by atoms with E-state index in [1.807, 2.05) is 18.2 Å². The number of rotatable bonds is 5. The summed E-state index contributed by atoms with van der Waals surface area (Å²) in [4.78, 5) is 46.5. The summed E-state index contributed by atoms with van der Waals surface area (Å²) >= 11 is 0. The van der Waals surface area contributed by atoms with Gasteiger partial charge < -0.3 is 0 Å². The van der Waals surface area contributed by atoms with Crippen molar-refractivity contribution in [3.05, 3.63) is 71.3 Å². The van der Waals surface area contributed by atoms with Gasteiger partial charge in [0, 0.05) is 6.92 Å². The molecule has 3 rings (SSSR count). The molecular formula is C17H14N2O5. The maximum absolute atomic E-state index is 12.2. The number of amides is 3. The molecule has 0 saturated heterocycles. The predicted molar refractivity (Wildman–Crippen MR) is 81.8 cm³/mol. The van der Waals surface area contributed by atoms with Crippen molar-refractivity contribution in [1.82, 2.24) is 10.3 Å². The Balaban J connectivity index is 1.72. The van der Waals surface area contributed by atoms with Crippen molar-refractivity contribution >= 4 is 17.7 Å². The summed E-state index contributed by atoms with van der Waals surface area (Å²) in [5.41, 5.74) is 1.23. The van der Waals surface area contributed by atoms with Crippen LogP contribution >= 0.6 is 0 Å². The standard InChI is InChI=1S/C17H14N2O5/c1-12(20)19(23-11-13-7-3-2-4-8-13)24-18-16(21)14-9-5-6-10-15(14)17(18)22/h2-10H,11H2,1H3. The lowest BCUT2D eigenvalue weighted by atomic mass is 10.1. The third-order valence-corrected chi connectivity index (χ3v) is 3.36. The fourth-order valence-electron chi connectivity index (χ4n) is 2.19. The van der Waals surface area contributed by atoms with Crippen LogP contribution in [0.3, 0.4) is 0 Å². The first-order chi connectivity index (χ1) is 11.6. The third kappa shape index (κ3) is 3.03. The largest absolute Gasteiger partial charge is 0.287 e. The molecule has 2 aromatic carbocycles. The zero-order valence-electron chi connectivity index (χ0n) is 12.8. The molecule has 2 aromatic rings. The molecule has 0 saturated carbocycles. The van der Waals surface area contributed by atoms with Crippen LogP contribution in [0.25, 0.3) is 0 Å². The highest BCUT2D eigenvalue weighted by Crippen LogP contribution is 2.23. The van der Waals surface area contributed by atoms with Crippen LogP contribution in [0.4, 0.5) is 0 Å². The number of imide groups is 1. The normalized spacial score (nSPS) is 13.1. The van der Waals surface area contributed by atoms with Crippen LogP contribution in [0.15, 0.2) is 54.6 Å². The third-order valence-electron chi connectivity index (χ3n) is 3.36. The van der Waals surface area contributed by atoms with Crippen molar-refractivity contribution in [2.45, 2.75) is 13.5 Å². The summed E-state index contributed by atoms with van der Waals surface area (Å²) < 4.78 is 0.